The van der Waals surface area contributed by atoms with E-state index in [0.717, 1.165) is 21.6 Å². The summed E-state index contributed by atoms with van der Waals surface area (Å²) in [4.78, 5) is 30.8. The number of carbonyl (C=O) groups excluding carboxylic acids is 2. The van der Waals surface area contributed by atoms with E-state index in [9.17, 15) is 18.4 Å². The van der Waals surface area contributed by atoms with Crippen LogP contribution in [-0.2, 0) is 11.2 Å². The lowest BCUT2D eigenvalue weighted by molar-refractivity contribution is -0.131. The number of nitrogens with two attached hydrogens (primary N) is 1. The topological polar surface area (TPSA) is 121 Å². The Morgan fingerprint density at radius 1 is 1.02 bits per heavy atom. The van der Waals surface area contributed by atoms with Crippen LogP contribution in [0.25, 0.3) is 32.8 Å². The predicted octanol–water partition coefficient (Wildman–Crippen LogP) is 5.49. The first-order chi connectivity index (χ1) is 22.2. The number of nitriles is 1. The van der Waals surface area contributed by atoms with Crippen molar-refractivity contribution in [2.75, 3.05) is 19.7 Å². The average Bonchev–Trinajstić information content (AvgIpc) is 3.40. The summed E-state index contributed by atoms with van der Waals surface area (Å²) in [5.41, 5.74) is 10.1. The molecular formula is C36H31F2N5O3. The maximum atomic E-state index is 13.8. The number of aromatic nitrogens is 1. The van der Waals surface area contributed by atoms with Crippen molar-refractivity contribution in [3.05, 3.63) is 108 Å². The van der Waals surface area contributed by atoms with Crippen LogP contribution in [0.4, 0.5) is 8.78 Å². The van der Waals surface area contributed by atoms with Crippen molar-refractivity contribution in [1.29, 1.82) is 5.26 Å². The number of hydrogen-bond acceptors (Lipinski definition) is 6. The lowest BCUT2D eigenvalue weighted by Crippen LogP contribution is -2.43. The second-order valence-electron chi connectivity index (χ2n) is 11.5. The number of amides is 2. The highest BCUT2D eigenvalue weighted by atomic mass is 19.3. The van der Waals surface area contributed by atoms with Crippen molar-refractivity contribution in [2.24, 2.45) is 5.73 Å². The Balaban J connectivity index is 1.09. The molecule has 10 heteroatoms. The molecule has 2 amide bonds. The molecule has 0 saturated carbocycles. The Bertz CT molecular complexity index is 1960. The summed E-state index contributed by atoms with van der Waals surface area (Å²) >= 11 is 0. The molecule has 5 aromatic rings. The van der Waals surface area contributed by atoms with Gasteiger partial charge in [-0.2, -0.15) is 5.26 Å². The second-order valence-corrected chi connectivity index (χ2v) is 11.5. The normalized spacial score (nSPS) is 16.2. The van der Waals surface area contributed by atoms with Gasteiger partial charge in [-0.25, -0.2) is 8.78 Å². The molecule has 0 bridgehead atoms. The Morgan fingerprint density at radius 3 is 2.57 bits per heavy atom. The molecule has 4 aromatic carbocycles. The minimum atomic E-state index is -3.13. The van der Waals surface area contributed by atoms with Crippen LogP contribution < -0.4 is 15.8 Å². The molecule has 2 heterocycles. The Kier molecular flexibility index (Phi) is 8.59. The van der Waals surface area contributed by atoms with Crippen LogP contribution in [0.2, 0.25) is 0 Å². The number of hydrogen-bond donors (Lipinski definition) is 2. The molecule has 1 aliphatic heterocycles. The van der Waals surface area contributed by atoms with E-state index < -0.39 is 43.3 Å². The van der Waals surface area contributed by atoms with Gasteiger partial charge in [0.05, 0.1) is 30.2 Å². The van der Waals surface area contributed by atoms with Crippen molar-refractivity contribution >= 4 is 33.5 Å². The SMILES string of the molecule is N#C[C@@H]1CC(F)(F)CN1C(=O)CNC(=O)c1ccnc2ccc(-c3ccc(OC[C@@H](N)Cc4ccc5ccccc5c4)cc3)cc12. The third-order valence-electron chi connectivity index (χ3n) is 8.09. The zero-order valence-corrected chi connectivity index (χ0v) is 24.8. The highest BCUT2D eigenvalue weighted by molar-refractivity contribution is 6.07. The van der Waals surface area contributed by atoms with Gasteiger partial charge < -0.3 is 20.7 Å². The van der Waals surface area contributed by atoms with Gasteiger partial charge in [0.1, 0.15) is 18.4 Å². The lowest BCUT2D eigenvalue weighted by Gasteiger charge is -2.19. The molecule has 1 aromatic heterocycles. The fourth-order valence-electron chi connectivity index (χ4n) is 5.75. The minimum Gasteiger partial charge on any atom is -0.492 e. The number of halogens is 2. The van der Waals surface area contributed by atoms with Crippen molar-refractivity contribution in [3.8, 4) is 22.9 Å². The van der Waals surface area contributed by atoms with Crippen LogP contribution in [0, 0.1) is 11.3 Å². The zero-order valence-electron chi connectivity index (χ0n) is 24.8. The van der Waals surface area contributed by atoms with Gasteiger partial charge in [0.15, 0.2) is 0 Å². The van der Waals surface area contributed by atoms with E-state index in [4.69, 9.17) is 15.7 Å². The highest BCUT2D eigenvalue weighted by Gasteiger charge is 2.47. The van der Waals surface area contributed by atoms with Gasteiger partial charge in [0.25, 0.3) is 11.8 Å². The van der Waals surface area contributed by atoms with Crippen molar-refractivity contribution in [3.63, 3.8) is 0 Å². The number of ether oxygens (including phenoxy) is 1. The van der Waals surface area contributed by atoms with Crippen LogP contribution in [0.3, 0.4) is 0 Å². The first-order valence-electron chi connectivity index (χ1n) is 14.9. The minimum absolute atomic E-state index is 0.183. The van der Waals surface area contributed by atoms with Gasteiger partial charge in [0, 0.05) is 24.0 Å². The summed E-state index contributed by atoms with van der Waals surface area (Å²) in [5.74, 6) is -3.75. The third kappa shape index (κ3) is 6.80. The van der Waals surface area contributed by atoms with Crippen LogP contribution in [0.5, 0.6) is 5.75 Å². The first-order valence-corrected chi connectivity index (χ1v) is 14.9. The molecule has 1 saturated heterocycles. The summed E-state index contributed by atoms with van der Waals surface area (Å²) in [6.07, 6.45) is 1.46. The third-order valence-corrected chi connectivity index (χ3v) is 8.09. The number of carbonyl (C=O) groups is 2. The Labute approximate surface area is 264 Å². The van der Waals surface area contributed by atoms with E-state index in [1.54, 1.807) is 12.1 Å². The summed E-state index contributed by atoms with van der Waals surface area (Å²) in [5, 5.41) is 14.6. The van der Waals surface area contributed by atoms with E-state index in [-0.39, 0.29) is 11.6 Å². The molecule has 1 fully saturated rings. The maximum absolute atomic E-state index is 13.8. The second kappa shape index (κ2) is 12.9. The van der Waals surface area contributed by atoms with Crippen LogP contribution in [0.15, 0.2) is 97.2 Å². The van der Waals surface area contributed by atoms with E-state index >= 15 is 0 Å². The Morgan fingerprint density at radius 2 is 1.78 bits per heavy atom. The molecule has 8 nitrogen and oxygen atoms in total. The first kappa shape index (κ1) is 30.6. The van der Waals surface area contributed by atoms with E-state index in [1.807, 2.05) is 48.5 Å². The van der Waals surface area contributed by atoms with Crippen LogP contribution >= 0.6 is 0 Å². The van der Waals surface area contributed by atoms with Gasteiger partial charge in [-0.15, -0.1) is 0 Å². The highest BCUT2D eigenvalue weighted by Crippen LogP contribution is 2.32. The molecule has 46 heavy (non-hydrogen) atoms. The molecule has 1 aliphatic rings. The monoisotopic (exact) mass is 619 g/mol. The standard InChI is InChI=1S/C36H31F2N5O3/c37-36(38)18-29(19-39)43(22-36)34(44)20-42-35(45)31-13-14-41-33-12-9-27(17-32(31)33)25-7-10-30(11-8-25)46-21-28(40)16-23-5-6-24-3-1-2-4-26(24)15-23/h1-15,17,28-29H,16,18,20-22,40H2,(H,42,45)/t28-,29-/m0/s1. The quantitative estimate of drug-likeness (QED) is 0.225. The van der Waals surface area contributed by atoms with Gasteiger partial charge in [0.2, 0.25) is 5.91 Å². The molecule has 0 radical (unpaired) electrons. The average molecular weight is 620 g/mol. The number of nitrogens with one attached hydrogen (secondary N) is 1. The van der Waals surface area contributed by atoms with Gasteiger partial charge in [-0.3, -0.25) is 14.6 Å². The summed E-state index contributed by atoms with van der Waals surface area (Å²) < 4.78 is 33.5. The number of likely N-dealkylation sites (tertiary alicyclic amines) is 1. The molecule has 3 N–H and O–H groups in total. The molecule has 2 atom stereocenters. The maximum Gasteiger partial charge on any atom is 0.268 e. The van der Waals surface area contributed by atoms with Crippen molar-refractivity contribution in [1.82, 2.24) is 15.2 Å². The number of rotatable bonds is 9. The predicted molar refractivity (Wildman–Crippen MR) is 171 cm³/mol. The van der Waals surface area contributed by atoms with Gasteiger partial charge in [-0.1, -0.05) is 60.7 Å². The summed E-state index contributed by atoms with van der Waals surface area (Å²) in [6, 6.07) is 29.5. The number of alkyl halides is 2. The lowest BCUT2D eigenvalue weighted by atomic mass is 10.0. The van der Waals surface area contributed by atoms with Gasteiger partial charge in [-0.05, 0) is 64.2 Å². The number of nitrogens with zero attached hydrogens (tertiary/aromatic N) is 3. The number of fused-ring (bicyclic) bond motifs is 2. The van der Waals surface area contributed by atoms with Crippen LogP contribution in [0.1, 0.15) is 22.3 Å². The smallest absolute Gasteiger partial charge is 0.268 e. The van der Waals surface area contributed by atoms with E-state index in [2.05, 4.69) is 40.6 Å². The fourth-order valence-corrected chi connectivity index (χ4v) is 5.75. The van der Waals surface area contributed by atoms with E-state index in [1.165, 1.54) is 23.0 Å². The van der Waals surface area contributed by atoms with Crippen LogP contribution in [-0.4, -0.2) is 59.4 Å². The Hall–Kier alpha value is -5.40. The summed E-state index contributed by atoms with van der Waals surface area (Å²) in [6.45, 7) is -1.00. The zero-order chi connectivity index (χ0) is 32.3. The number of pyridine rings is 1. The molecule has 0 unspecified atom stereocenters. The van der Waals surface area contributed by atoms with Gasteiger partial charge >= 0.3 is 0 Å². The van der Waals surface area contributed by atoms with E-state index in [0.29, 0.717) is 29.7 Å². The molecule has 6 rings (SSSR count). The van der Waals surface area contributed by atoms with Crippen molar-refractivity contribution in [2.45, 2.75) is 30.8 Å². The largest absolute Gasteiger partial charge is 0.492 e. The molecule has 0 spiro atoms. The summed E-state index contributed by atoms with van der Waals surface area (Å²) in [7, 11) is 0. The molecule has 232 valence electrons. The fraction of sp³-hybridized carbons (Fsp3) is 0.222. The molecule has 0 aliphatic carbocycles. The van der Waals surface area contributed by atoms with Crippen molar-refractivity contribution < 1.29 is 23.1 Å². The molecular weight excluding hydrogens is 588 g/mol. The number of benzene rings is 4.